The molecule has 2 aliphatic rings. The molecule has 4 nitrogen and oxygen atoms in total. The summed E-state index contributed by atoms with van der Waals surface area (Å²) in [5.74, 6) is 0.699. The molecule has 19 heavy (non-hydrogen) atoms. The average molecular weight is 269 g/mol. The lowest BCUT2D eigenvalue weighted by atomic mass is 9.78. The minimum absolute atomic E-state index is 0.0129. The van der Waals surface area contributed by atoms with Crippen molar-refractivity contribution in [3.63, 3.8) is 0 Å². The summed E-state index contributed by atoms with van der Waals surface area (Å²) >= 11 is 0. The van der Waals surface area contributed by atoms with Gasteiger partial charge in [-0.15, -0.1) is 0 Å². The van der Waals surface area contributed by atoms with Gasteiger partial charge in [-0.1, -0.05) is 0 Å². The maximum Gasteiger partial charge on any atom is 0.308 e. The Bertz CT molecular complexity index is 307. The van der Waals surface area contributed by atoms with Crippen LogP contribution in [0.5, 0.6) is 0 Å². The number of ether oxygens (including phenoxy) is 1. The summed E-state index contributed by atoms with van der Waals surface area (Å²) in [7, 11) is 0. The largest absolute Gasteiger partial charge is 0.466 e. The molecule has 0 spiro atoms. The number of carbonyl (C=O) groups excluding carboxylic acids is 1. The van der Waals surface area contributed by atoms with Crippen molar-refractivity contribution in [2.75, 3.05) is 13.2 Å². The Balaban J connectivity index is 1.72. The molecule has 1 unspecified atom stereocenters. The van der Waals surface area contributed by atoms with Crippen molar-refractivity contribution < 1.29 is 14.6 Å². The zero-order valence-electron chi connectivity index (χ0n) is 12.2. The zero-order valence-corrected chi connectivity index (χ0v) is 12.2. The van der Waals surface area contributed by atoms with Gasteiger partial charge in [0.05, 0.1) is 18.1 Å². The van der Waals surface area contributed by atoms with Gasteiger partial charge in [-0.2, -0.15) is 0 Å². The Morgan fingerprint density at radius 3 is 2.53 bits per heavy atom. The van der Waals surface area contributed by atoms with Crippen LogP contribution in [0.4, 0.5) is 0 Å². The Kier molecular flexibility index (Phi) is 4.85. The van der Waals surface area contributed by atoms with E-state index in [1.165, 1.54) is 12.8 Å². The highest BCUT2D eigenvalue weighted by Crippen LogP contribution is 2.35. The quantitative estimate of drug-likeness (QED) is 0.723. The van der Waals surface area contributed by atoms with E-state index in [1.807, 2.05) is 6.92 Å². The second-order valence-corrected chi connectivity index (χ2v) is 6.26. The Hall–Kier alpha value is -0.610. The lowest BCUT2D eigenvalue weighted by Gasteiger charge is -2.36. The number of hydrogen-bond donors (Lipinski definition) is 2. The minimum atomic E-state index is -0.633. The average Bonchev–Trinajstić information content (AvgIpc) is 3.21. The topological polar surface area (TPSA) is 58.6 Å². The predicted molar refractivity (Wildman–Crippen MR) is 73.7 cm³/mol. The molecule has 4 heteroatoms. The third kappa shape index (κ3) is 4.18. The molecule has 2 saturated carbocycles. The molecule has 110 valence electrons. The summed E-state index contributed by atoms with van der Waals surface area (Å²) in [4.78, 5) is 11.7. The van der Waals surface area contributed by atoms with Gasteiger partial charge in [-0.05, 0) is 58.3 Å². The van der Waals surface area contributed by atoms with E-state index < -0.39 is 5.60 Å². The smallest absolute Gasteiger partial charge is 0.308 e. The molecule has 0 aromatic heterocycles. The van der Waals surface area contributed by atoms with E-state index in [1.54, 1.807) is 0 Å². The maximum absolute atomic E-state index is 11.7. The van der Waals surface area contributed by atoms with Crippen molar-refractivity contribution >= 4 is 5.97 Å². The summed E-state index contributed by atoms with van der Waals surface area (Å²) < 4.78 is 5.05. The van der Waals surface area contributed by atoms with Crippen LogP contribution in [0.25, 0.3) is 0 Å². The molecule has 0 aliphatic heterocycles. The van der Waals surface area contributed by atoms with E-state index >= 15 is 0 Å². The van der Waals surface area contributed by atoms with E-state index in [9.17, 15) is 9.90 Å². The van der Waals surface area contributed by atoms with Crippen LogP contribution >= 0.6 is 0 Å². The van der Waals surface area contributed by atoms with Crippen LogP contribution < -0.4 is 5.32 Å². The van der Waals surface area contributed by atoms with Crippen molar-refractivity contribution in [1.29, 1.82) is 0 Å². The van der Waals surface area contributed by atoms with Gasteiger partial charge in [0.15, 0.2) is 0 Å². The van der Waals surface area contributed by atoms with Crippen LogP contribution in [0.15, 0.2) is 0 Å². The Labute approximate surface area is 115 Å². The molecule has 0 aromatic rings. The molecule has 0 heterocycles. The van der Waals surface area contributed by atoms with Crippen molar-refractivity contribution in [1.82, 2.24) is 5.32 Å². The van der Waals surface area contributed by atoms with E-state index in [0.717, 1.165) is 18.8 Å². The highest BCUT2D eigenvalue weighted by Gasteiger charge is 2.37. The van der Waals surface area contributed by atoms with E-state index in [4.69, 9.17) is 4.74 Å². The first-order valence-corrected chi connectivity index (χ1v) is 7.66. The first-order valence-electron chi connectivity index (χ1n) is 7.66. The summed E-state index contributed by atoms with van der Waals surface area (Å²) in [6.07, 6.45) is 5.51. The van der Waals surface area contributed by atoms with Crippen LogP contribution in [0.1, 0.15) is 52.4 Å². The number of rotatable bonds is 6. The molecule has 0 saturated heterocycles. The second-order valence-electron chi connectivity index (χ2n) is 6.26. The van der Waals surface area contributed by atoms with Crippen molar-refractivity contribution in [2.24, 2.45) is 11.8 Å². The first kappa shape index (κ1) is 14.8. The lowest BCUT2D eigenvalue weighted by Crippen LogP contribution is -2.47. The normalized spacial score (nSPS) is 32.9. The summed E-state index contributed by atoms with van der Waals surface area (Å²) in [6, 6.07) is 0.506. The molecular weight excluding hydrogens is 242 g/mol. The Morgan fingerprint density at radius 2 is 2.00 bits per heavy atom. The van der Waals surface area contributed by atoms with Gasteiger partial charge in [0.2, 0.25) is 0 Å². The molecule has 2 fully saturated rings. The maximum atomic E-state index is 11.7. The minimum Gasteiger partial charge on any atom is -0.466 e. The van der Waals surface area contributed by atoms with Crippen molar-refractivity contribution in [3.05, 3.63) is 0 Å². The fourth-order valence-corrected chi connectivity index (χ4v) is 2.94. The number of esters is 1. The molecule has 0 aromatic carbocycles. The summed E-state index contributed by atoms with van der Waals surface area (Å²) in [6.45, 7) is 5.13. The first-order chi connectivity index (χ1) is 9.04. The van der Waals surface area contributed by atoms with Crippen LogP contribution in [0, 0.1) is 11.8 Å². The number of aliphatic hydroxyl groups is 1. The third-order valence-corrected chi connectivity index (χ3v) is 4.62. The summed E-state index contributed by atoms with van der Waals surface area (Å²) in [5.41, 5.74) is -0.633. The van der Waals surface area contributed by atoms with Crippen LogP contribution in [0.3, 0.4) is 0 Å². The van der Waals surface area contributed by atoms with Crippen LogP contribution in [0.2, 0.25) is 0 Å². The third-order valence-electron chi connectivity index (χ3n) is 4.62. The monoisotopic (exact) mass is 269 g/mol. The lowest BCUT2D eigenvalue weighted by molar-refractivity contribution is -0.151. The molecule has 0 bridgehead atoms. The van der Waals surface area contributed by atoms with Gasteiger partial charge in [-0.25, -0.2) is 0 Å². The standard InChI is InChI=1S/C15H27NO3/c1-3-19-14(17)13-6-8-15(18,9-7-13)10-16-11(2)12-4-5-12/h11-13,16,18H,3-10H2,1-2H3. The summed E-state index contributed by atoms with van der Waals surface area (Å²) in [5, 5.41) is 14.0. The van der Waals surface area contributed by atoms with E-state index in [0.29, 0.717) is 32.0 Å². The van der Waals surface area contributed by atoms with Crippen LogP contribution in [-0.2, 0) is 9.53 Å². The molecular formula is C15H27NO3. The number of carbonyl (C=O) groups is 1. The SMILES string of the molecule is CCOC(=O)C1CCC(O)(CNC(C)C2CC2)CC1. The van der Waals surface area contributed by atoms with Gasteiger partial charge >= 0.3 is 5.97 Å². The highest BCUT2D eigenvalue weighted by molar-refractivity contribution is 5.72. The highest BCUT2D eigenvalue weighted by atomic mass is 16.5. The molecule has 2 N–H and O–H groups in total. The number of nitrogens with one attached hydrogen (secondary N) is 1. The number of hydrogen-bond acceptors (Lipinski definition) is 4. The van der Waals surface area contributed by atoms with Crippen molar-refractivity contribution in [3.8, 4) is 0 Å². The molecule has 2 rings (SSSR count). The van der Waals surface area contributed by atoms with Gasteiger partial charge < -0.3 is 15.2 Å². The fourth-order valence-electron chi connectivity index (χ4n) is 2.94. The molecule has 0 radical (unpaired) electrons. The zero-order chi connectivity index (χ0) is 13.9. The van der Waals surface area contributed by atoms with Gasteiger partial charge in [0.1, 0.15) is 0 Å². The molecule has 1 atom stereocenters. The van der Waals surface area contributed by atoms with Gasteiger partial charge in [0.25, 0.3) is 0 Å². The van der Waals surface area contributed by atoms with E-state index in [-0.39, 0.29) is 11.9 Å². The molecule has 0 amide bonds. The molecule has 2 aliphatic carbocycles. The Morgan fingerprint density at radius 1 is 1.37 bits per heavy atom. The van der Waals surface area contributed by atoms with Gasteiger partial charge in [-0.3, -0.25) is 4.79 Å². The van der Waals surface area contributed by atoms with Crippen molar-refractivity contribution in [2.45, 2.75) is 64.0 Å². The second kappa shape index (κ2) is 6.23. The van der Waals surface area contributed by atoms with Crippen LogP contribution in [-0.4, -0.2) is 35.9 Å². The fraction of sp³-hybridized carbons (Fsp3) is 0.933. The predicted octanol–water partition coefficient (Wildman–Crippen LogP) is 1.86. The van der Waals surface area contributed by atoms with E-state index in [2.05, 4.69) is 12.2 Å². The van der Waals surface area contributed by atoms with Gasteiger partial charge in [0, 0.05) is 12.6 Å².